The summed E-state index contributed by atoms with van der Waals surface area (Å²) < 4.78 is 2.30. The molecule has 0 saturated heterocycles. The second-order valence-electron chi connectivity index (χ2n) is 16.1. The number of rotatable bonds is 13. The maximum atomic E-state index is 4.42. The Hall–Kier alpha value is -8.24. The normalized spacial score (nSPS) is 11.4. The molecule has 2 nitrogen and oxygen atoms in total. The number of nitrogens with zero attached hydrogens (tertiary/aromatic N) is 2. The van der Waals surface area contributed by atoms with Gasteiger partial charge in [0.25, 0.3) is 0 Å². The molecular formula is C62H46N2S. The molecule has 3 heteroatoms. The van der Waals surface area contributed by atoms with Crippen molar-refractivity contribution in [3.63, 3.8) is 0 Å². The van der Waals surface area contributed by atoms with Gasteiger partial charge in [-0.1, -0.05) is 184 Å². The lowest BCUT2D eigenvalue weighted by Gasteiger charge is -2.27. The van der Waals surface area contributed by atoms with Gasteiger partial charge in [0.2, 0.25) is 0 Å². The number of benzene rings is 8. The molecule has 2 aromatic heterocycles. The van der Waals surface area contributed by atoms with E-state index in [0.29, 0.717) is 0 Å². The maximum absolute atomic E-state index is 4.42. The van der Waals surface area contributed by atoms with Crippen LogP contribution < -0.4 is 4.90 Å². The third kappa shape index (κ3) is 8.62. The first-order valence-corrected chi connectivity index (χ1v) is 22.6. The first-order chi connectivity index (χ1) is 32.0. The van der Waals surface area contributed by atoms with Crippen molar-refractivity contribution < 1.29 is 0 Å². The van der Waals surface area contributed by atoms with Gasteiger partial charge >= 0.3 is 0 Å². The van der Waals surface area contributed by atoms with E-state index in [2.05, 4.69) is 260 Å². The molecular weight excluding hydrogens is 805 g/mol. The van der Waals surface area contributed by atoms with Crippen LogP contribution in [0.5, 0.6) is 0 Å². The summed E-state index contributed by atoms with van der Waals surface area (Å²) in [6, 6.07) is 77.5. The van der Waals surface area contributed by atoms with E-state index in [4.69, 9.17) is 0 Å². The van der Waals surface area contributed by atoms with E-state index in [-0.39, 0.29) is 0 Å². The zero-order valence-electron chi connectivity index (χ0n) is 36.0. The van der Waals surface area contributed by atoms with E-state index < -0.39 is 0 Å². The Balaban J connectivity index is 0.858. The predicted octanol–water partition coefficient (Wildman–Crippen LogP) is 17.7. The summed E-state index contributed by atoms with van der Waals surface area (Å²) in [5, 5.41) is 3.57. The number of fused-ring (bicyclic) bond motifs is 2. The number of para-hydroxylation sites is 2. The fourth-order valence-corrected chi connectivity index (χ4v) is 9.43. The molecule has 10 rings (SSSR count). The smallest absolute Gasteiger partial charge is 0.0540 e. The average molecular weight is 851 g/mol. The number of anilines is 3. The molecule has 10 aromatic rings. The van der Waals surface area contributed by atoms with Crippen molar-refractivity contribution in [1.29, 1.82) is 0 Å². The monoisotopic (exact) mass is 850 g/mol. The van der Waals surface area contributed by atoms with Crippen LogP contribution in [0.15, 0.2) is 268 Å². The minimum absolute atomic E-state index is 0.817. The van der Waals surface area contributed by atoms with Crippen LogP contribution >= 0.6 is 11.3 Å². The molecule has 0 atom stereocenters. The molecule has 0 saturated carbocycles. The van der Waals surface area contributed by atoms with Crippen molar-refractivity contribution in [1.82, 2.24) is 4.57 Å². The van der Waals surface area contributed by atoms with E-state index in [0.717, 1.165) is 61.6 Å². The first kappa shape index (κ1) is 40.8. The molecule has 0 unspecified atom stereocenters. The Morgan fingerprint density at radius 1 is 0.446 bits per heavy atom. The molecule has 2 heterocycles. The minimum atomic E-state index is 0.817. The Bertz CT molecular complexity index is 3380. The van der Waals surface area contributed by atoms with Gasteiger partial charge in [-0.2, -0.15) is 0 Å². The van der Waals surface area contributed by atoms with Gasteiger partial charge in [0, 0.05) is 43.3 Å². The quantitative estimate of drug-likeness (QED) is 0.105. The second kappa shape index (κ2) is 18.2. The van der Waals surface area contributed by atoms with Gasteiger partial charge in [0.15, 0.2) is 0 Å². The Morgan fingerprint density at radius 3 is 1.77 bits per heavy atom. The van der Waals surface area contributed by atoms with E-state index >= 15 is 0 Å². The molecule has 65 heavy (non-hydrogen) atoms. The van der Waals surface area contributed by atoms with Gasteiger partial charge < -0.3 is 9.47 Å². The third-order valence-corrected chi connectivity index (χ3v) is 13.1. The van der Waals surface area contributed by atoms with Gasteiger partial charge in [0.05, 0.1) is 11.2 Å². The number of hydrogen-bond acceptors (Lipinski definition) is 2. The van der Waals surface area contributed by atoms with E-state index in [1.165, 1.54) is 42.8 Å². The lowest BCUT2D eigenvalue weighted by molar-refractivity contribution is 1.11. The molecule has 8 aromatic carbocycles. The van der Waals surface area contributed by atoms with Gasteiger partial charge in [-0.3, -0.25) is 0 Å². The van der Waals surface area contributed by atoms with Crippen LogP contribution in [0.25, 0.3) is 71.0 Å². The predicted molar refractivity (Wildman–Crippen MR) is 282 cm³/mol. The van der Waals surface area contributed by atoms with Crippen LogP contribution in [0.1, 0.15) is 11.3 Å². The Kier molecular flexibility index (Phi) is 11.4. The summed E-state index contributed by atoms with van der Waals surface area (Å²) in [5.74, 6) is 0. The third-order valence-electron chi connectivity index (χ3n) is 11.9. The van der Waals surface area contributed by atoms with Gasteiger partial charge in [-0.05, 0) is 129 Å². The zero-order valence-corrected chi connectivity index (χ0v) is 36.8. The Morgan fingerprint density at radius 2 is 1.03 bits per heavy atom. The molecule has 310 valence electrons. The molecule has 0 N–H and O–H groups in total. The number of aromatic nitrogens is 1. The maximum Gasteiger partial charge on any atom is 0.0540 e. The van der Waals surface area contributed by atoms with Crippen molar-refractivity contribution in [3.8, 4) is 37.7 Å². The highest BCUT2D eigenvalue weighted by molar-refractivity contribution is 7.18. The van der Waals surface area contributed by atoms with E-state index in [1.807, 2.05) is 23.5 Å². The summed E-state index contributed by atoms with van der Waals surface area (Å²) in [7, 11) is 0. The molecule has 0 bridgehead atoms. The fraction of sp³-hybridized carbons (Fsp3) is 0. The summed E-state index contributed by atoms with van der Waals surface area (Å²) >= 11 is 1.83. The van der Waals surface area contributed by atoms with E-state index in [1.54, 1.807) is 0 Å². The lowest BCUT2D eigenvalue weighted by Crippen LogP contribution is -2.10. The standard InChI is InChI=1S/C62H46N2S/c1-44(26-27-46(3)47-33-37-56(38-34-47)63(54-20-9-5-10-21-54)60-25-15-19-49-16-13-14-24-58(49)60)45(2)28-36-57-43-53-42-52(35-39-59(53)64(57)55-22-11-6-12-23-55)48-29-31-51(32-30-48)62-41-40-61(65-62)50-17-7-4-8-18-50/h4-43H,1-3H2. The average Bonchev–Trinajstić information content (AvgIpc) is 4.02. The van der Waals surface area contributed by atoms with Crippen molar-refractivity contribution in [3.05, 3.63) is 279 Å². The molecule has 0 spiro atoms. The van der Waals surface area contributed by atoms with E-state index in [9.17, 15) is 0 Å². The van der Waals surface area contributed by atoms with Crippen LogP contribution in [0.2, 0.25) is 0 Å². The molecule has 0 fully saturated rings. The number of allylic oxidation sites excluding steroid dienone is 6. The van der Waals surface area contributed by atoms with Crippen LogP contribution in [0.4, 0.5) is 17.1 Å². The number of hydrogen-bond donors (Lipinski definition) is 0. The van der Waals surface area contributed by atoms with Crippen LogP contribution in [0.3, 0.4) is 0 Å². The van der Waals surface area contributed by atoms with Crippen LogP contribution in [-0.2, 0) is 0 Å². The zero-order chi connectivity index (χ0) is 44.1. The first-order valence-electron chi connectivity index (χ1n) is 21.8. The van der Waals surface area contributed by atoms with Crippen molar-refractivity contribution in [2.75, 3.05) is 4.90 Å². The molecule has 0 aliphatic heterocycles. The SMILES string of the molecule is C=C(C=CC(=C)c1ccc(N(c2ccccc2)c2cccc3ccccc23)cc1)C(=C)C=Cc1cc2cc(-c3ccc(-c4ccc(-c5ccccc5)s4)cc3)ccc2n1-c1ccccc1. The highest BCUT2D eigenvalue weighted by Crippen LogP contribution is 2.40. The molecule has 0 aliphatic carbocycles. The van der Waals surface area contributed by atoms with Crippen molar-refractivity contribution in [2.45, 2.75) is 0 Å². The topological polar surface area (TPSA) is 8.17 Å². The summed E-state index contributed by atoms with van der Waals surface area (Å²) in [5.41, 5.74) is 15.0. The van der Waals surface area contributed by atoms with Crippen LogP contribution in [-0.4, -0.2) is 4.57 Å². The van der Waals surface area contributed by atoms with Crippen molar-refractivity contribution in [2.24, 2.45) is 0 Å². The Labute approximate surface area is 385 Å². The largest absolute Gasteiger partial charge is 0.310 e. The van der Waals surface area contributed by atoms with Crippen LogP contribution in [0, 0.1) is 0 Å². The molecule has 0 radical (unpaired) electrons. The summed E-state index contributed by atoms with van der Waals surface area (Å²) in [6.45, 7) is 13.2. The molecule has 0 amide bonds. The minimum Gasteiger partial charge on any atom is -0.310 e. The fourth-order valence-electron chi connectivity index (χ4n) is 8.41. The van der Waals surface area contributed by atoms with Crippen molar-refractivity contribution >= 4 is 61.7 Å². The second-order valence-corrected chi connectivity index (χ2v) is 17.2. The molecule has 0 aliphatic rings. The highest BCUT2D eigenvalue weighted by atomic mass is 32.1. The lowest BCUT2D eigenvalue weighted by atomic mass is 10.0. The van der Waals surface area contributed by atoms with Gasteiger partial charge in [-0.25, -0.2) is 0 Å². The van der Waals surface area contributed by atoms with Gasteiger partial charge in [0.1, 0.15) is 0 Å². The highest BCUT2D eigenvalue weighted by Gasteiger charge is 2.16. The summed E-state index contributed by atoms with van der Waals surface area (Å²) in [6.07, 6.45) is 8.21. The number of thiophene rings is 1. The van der Waals surface area contributed by atoms with Gasteiger partial charge in [-0.15, -0.1) is 11.3 Å². The summed E-state index contributed by atoms with van der Waals surface area (Å²) in [4.78, 5) is 4.85.